The van der Waals surface area contributed by atoms with Crippen LogP contribution in [0.3, 0.4) is 0 Å². The molecule has 0 aliphatic heterocycles. The molecule has 0 unspecified atom stereocenters. The van der Waals surface area contributed by atoms with Crippen LogP contribution >= 0.6 is 0 Å². The zero-order chi connectivity index (χ0) is 24.1. The summed E-state index contributed by atoms with van der Waals surface area (Å²) in [4.78, 5) is 12.4. The van der Waals surface area contributed by atoms with Crippen molar-refractivity contribution in [3.8, 4) is 11.1 Å². The second kappa shape index (κ2) is 9.89. The number of carbonyl (C=O) groups is 1. The molecule has 34 heavy (non-hydrogen) atoms. The fourth-order valence-corrected chi connectivity index (χ4v) is 5.04. The third kappa shape index (κ3) is 5.68. The smallest absolute Gasteiger partial charge is 0.308 e. The molecular formula is C27H23FN2O3S. The molecule has 0 aliphatic rings. The summed E-state index contributed by atoms with van der Waals surface area (Å²) in [6, 6.07) is 26.3. The molecule has 2 N–H and O–H groups in total. The van der Waals surface area contributed by atoms with Gasteiger partial charge in [0, 0.05) is 11.4 Å². The van der Waals surface area contributed by atoms with E-state index < -0.39 is 9.84 Å². The van der Waals surface area contributed by atoms with Crippen LogP contribution in [-0.4, -0.2) is 14.4 Å². The standard InChI is InChI=1S/C27H23FN2O3S/c1-19-16-25(30-27(31)29-24-7-3-2-4-8-24)15-12-22(19)18-34(32,33)26-9-5-6-21(17-26)20-10-13-23(28)14-11-20/h2-17H,18H2,1H3,(H2,29,30,31). The van der Waals surface area contributed by atoms with Gasteiger partial charge in [-0.25, -0.2) is 17.6 Å². The molecule has 0 radical (unpaired) electrons. The lowest BCUT2D eigenvalue weighted by atomic mass is 10.1. The van der Waals surface area contributed by atoms with Crippen molar-refractivity contribution < 1.29 is 17.6 Å². The maximum atomic E-state index is 13.2. The van der Waals surface area contributed by atoms with Crippen LogP contribution in [0.2, 0.25) is 0 Å². The fourth-order valence-electron chi connectivity index (χ4n) is 3.55. The van der Waals surface area contributed by atoms with E-state index in [1.54, 1.807) is 73.7 Å². The number of hydrogen-bond donors (Lipinski definition) is 2. The van der Waals surface area contributed by atoms with Crippen molar-refractivity contribution in [2.45, 2.75) is 17.6 Å². The van der Waals surface area contributed by atoms with Crippen LogP contribution in [0.25, 0.3) is 11.1 Å². The Morgan fingerprint density at radius 1 is 0.765 bits per heavy atom. The van der Waals surface area contributed by atoms with Crippen molar-refractivity contribution in [3.05, 3.63) is 114 Å². The summed E-state index contributed by atoms with van der Waals surface area (Å²) in [5.41, 5.74) is 4.05. The number of hydrogen-bond acceptors (Lipinski definition) is 3. The Morgan fingerprint density at radius 3 is 2.18 bits per heavy atom. The van der Waals surface area contributed by atoms with E-state index in [-0.39, 0.29) is 22.5 Å². The number of rotatable bonds is 6. The maximum Gasteiger partial charge on any atom is 0.323 e. The molecule has 7 heteroatoms. The Labute approximate surface area is 198 Å². The molecule has 0 spiro atoms. The molecular weight excluding hydrogens is 451 g/mol. The number of benzene rings is 4. The van der Waals surface area contributed by atoms with E-state index in [1.165, 1.54) is 12.1 Å². The summed E-state index contributed by atoms with van der Waals surface area (Å²) in [5, 5.41) is 5.50. The third-order valence-corrected chi connectivity index (χ3v) is 7.01. The zero-order valence-corrected chi connectivity index (χ0v) is 19.3. The number of halogens is 1. The quantitative estimate of drug-likeness (QED) is 0.339. The number of sulfone groups is 1. The lowest BCUT2D eigenvalue weighted by molar-refractivity contribution is 0.262. The Balaban J connectivity index is 1.48. The van der Waals surface area contributed by atoms with Crippen LogP contribution in [0.5, 0.6) is 0 Å². The molecule has 4 aromatic carbocycles. The van der Waals surface area contributed by atoms with Gasteiger partial charge in [-0.15, -0.1) is 0 Å². The second-order valence-corrected chi connectivity index (χ2v) is 9.87. The maximum absolute atomic E-state index is 13.2. The van der Waals surface area contributed by atoms with Crippen molar-refractivity contribution in [2.75, 3.05) is 10.6 Å². The van der Waals surface area contributed by atoms with Crippen LogP contribution < -0.4 is 10.6 Å². The first-order valence-electron chi connectivity index (χ1n) is 10.6. The minimum Gasteiger partial charge on any atom is -0.308 e. The van der Waals surface area contributed by atoms with E-state index in [0.717, 1.165) is 11.1 Å². The average molecular weight is 475 g/mol. The first-order valence-corrected chi connectivity index (χ1v) is 12.3. The van der Waals surface area contributed by atoms with Gasteiger partial charge < -0.3 is 10.6 Å². The minimum atomic E-state index is -3.62. The highest BCUT2D eigenvalue weighted by Gasteiger charge is 2.18. The molecule has 0 saturated carbocycles. The van der Waals surface area contributed by atoms with Gasteiger partial charge in [-0.2, -0.15) is 0 Å². The van der Waals surface area contributed by atoms with Crippen molar-refractivity contribution in [1.29, 1.82) is 0 Å². The van der Waals surface area contributed by atoms with Gasteiger partial charge in [0.1, 0.15) is 5.82 Å². The van der Waals surface area contributed by atoms with Crippen LogP contribution in [0, 0.1) is 12.7 Å². The number of carbonyl (C=O) groups excluding carboxylic acids is 1. The molecule has 0 heterocycles. The van der Waals surface area contributed by atoms with E-state index in [4.69, 9.17) is 0 Å². The predicted octanol–water partition coefficient (Wildman–Crippen LogP) is 6.42. The summed E-state index contributed by atoms with van der Waals surface area (Å²) in [6.45, 7) is 1.81. The molecule has 4 rings (SSSR count). The summed E-state index contributed by atoms with van der Waals surface area (Å²) in [6.07, 6.45) is 0. The van der Waals surface area contributed by atoms with Crippen molar-refractivity contribution in [1.82, 2.24) is 0 Å². The van der Waals surface area contributed by atoms with Gasteiger partial charge in [0.2, 0.25) is 0 Å². The molecule has 0 saturated heterocycles. The second-order valence-electron chi connectivity index (χ2n) is 7.88. The van der Waals surface area contributed by atoms with Gasteiger partial charge >= 0.3 is 6.03 Å². The summed E-state index contributed by atoms with van der Waals surface area (Å²) in [7, 11) is -3.62. The molecule has 4 aromatic rings. The van der Waals surface area contributed by atoms with Gasteiger partial charge in [-0.1, -0.05) is 48.5 Å². The normalized spacial score (nSPS) is 11.1. The molecule has 5 nitrogen and oxygen atoms in total. The van der Waals surface area contributed by atoms with Gasteiger partial charge in [0.15, 0.2) is 9.84 Å². The number of urea groups is 1. The SMILES string of the molecule is Cc1cc(NC(=O)Nc2ccccc2)ccc1CS(=O)(=O)c1cccc(-c2ccc(F)cc2)c1. The van der Waals surface area contributed by atoms with E-state index in [9.17, 15) is 17.6 Å². The average Bonchev–Trinajstić information content (AvgIpc) is 2.82. The Hall–Kier alpha value is -3.97. The van der Waals surface area contributed by atoms with E-state index >= 15 is 0 Å². The van der Waals surface area contributed by atoms with Crippen molar-refractivity contribution >= 4 is 27.2 Å². The highest BCUT2D eigenvalue weighted by molar-refractivity contribution is 7.90. The van der Waals surface area contributed by atoms with Gasteiger partial charge in [-0.3, -0.25) is 0 Å². The van der Waals surface area contributed by atoms with Crippen LogP contribution in [0.15, 0.2) is 102 Å². The monoisotopic (exact) mass is 474 g/mol. The number of amides is 2. The minimum absolute atomic E-state index is 0.178. The number of aryl methyl sites for hydroxylation is 1. The van der Waals surface area contributed by atoms with E-state index in [2.05, 4.69) is 10.6 Å². The molecule has 0 aliphatic carbocycles. The predicted molar refractivity (Wildman–Crippen MR) is 133 cm³/mol. The third-order valence-electron chi connectivity index (χ3n) is 5.35. The molecule has 172 valence electrons. The first kappa shape index (κ1) is 23.2. The molecule has 0 aromatic heterocycles. The van der Waals surface area contributed by atoms with Crippen molar-refractivity contribution in [2.24, 2.45) is 0 Å². The summed E-state index contributed by atoms with van der Waals surface area (Å²) < 4.78 is 39.5. The largest absolute Gasteiger partial charge is 0.323 e. The summed E-state index contributed by atoms with van der Waals surface area (Å²) in [5.74, 6) is -0.527. The first-order chi connectivity index (χ1) is 16.3. The summed E-state index contributed by atoms with van der Waals surface area (Å²) >= 11 is 0. The highest BCUT2D eigenvalue weighted by Crippen LogP contribution is 2.26. The van der Waals surface area contributed by atoms with Crippen LogP contribution in [0.1, 0.15) is 11.1 Å². The van der Waals surface area contributed by atoms with Crippen molar-refractivity contribution in [3.63, 3.8) is 0 Å². The Kier molecular flexibility index (Phi) is 6.75. The zero-order valence-electron chi connectivity index (χ0n) is 18.5. The number of anilines is 2. The molecule has 0 fully saturated rings. The highest BCUT2D eigenvalue weighted by atomic mass is 32.2. The topological polar surface area (TPSA) is 75.3 Å². The number of nitrogens with one attached hydrogen (secondary N) is 2. The lowest BCUT2D eigenvalue weighted by Crippen LogP contribution is -2.19. The lowest BCUT2D eigenvalue weighted by Gasteiger charge is -2.12. The molecule has 2 amide bonds. The Morgan fingerprint density at radius 2 is 1.47 bits per heavy atom. The van der Waals surface area contributed by atoms with E-state index in [1.807, 2.05) is 18.2 Å². The number of para-hydroxylation sites is 1. The van der Waals surface area contributed by atoms with Gasteiger partial charge in [0.05, 0.1) is 10.6 Å². The van der Waals surface area contributed by atoms with Gasteiger partial charge in [-0.05, 0) is 77.7 Å². The molecule has 0 atom stereocenters. The fraction of sp³-hybridized carbons (Fsp3) is 0.0741. The Bertz CT molecular complexity index is 1420. The van der Waals surface area contributed by atoms with Crippen LogP contribution in [0.4, 0.5) is 20.6 Å². The van der Waals surface area contributed by atoms with E-state index in [0.29, 0.717) is 22.5 Å². The van der Waals surface area contributed by atoms with Gasteiger partial charge in [0.25, 0.3) is 0 Å². The van der Waals surface area contributed by atoms with Crippen LogP contribution in [-0.2, 0) is 15.6 Å². The molecule has 0 bridgehead atoms.